The maximum Gasteiger partial charge on any atom is 0.439 e. The molecule has 17 rings (SSSR count). The number of tetrazole rings is 2. The number of hydrogen-bond donors (Lipinski definition) is 8. The molecule has 9 N–H and O–H groups in total. The Balaban J connectivity index is 0.000000124. The molecule has 45 heteroatoms. The average Bonchev–Trinajstić information content (AvgIpc) is 1.66. The molecular formula is C68H49Cl8N25O12. The molecule has 0 bridgehead atoms. The second-order valence-corrected chi connectivity index (χ2v) is 26.7. The number of rotatable bonds is 18. The molecule has 574 valence electrons. The highest BCUT2D eigenvalue weighted by molar-refractivity contribution is 6.43. The van der Waals surface area contributed by atoms with Crippen LogP contribution in [0, 0.1) is 0 Å². The molecule has 10 heterocycles. The first-order valence-electron chi connectivity index (χ1n) is 32.5. The summed E-state index contributed by atoms with van der Waals surface area (Å²) in [7, 11) is 3.13. The lowest BCUT2D eigenvalue weighted by Gasteiger charge is -2.11. The van der Waals surface area contributed by atoms with Crippen LogP contribution >= 0.6 is 92.8 Å². The van der Waals surface area contributed by atoms with E-state index < -0.39 is 17.3 Å². The van der Waals surface area contributed by atoms with Gasteiger partial charge in [0.1, 0.15) is 71.6 Å². The second kappa shape index (κ2) is 35.8. The molecule has 2 fully saturated rings. The van der Waals surface area contributed by atoms with E-state index in [-0.39, 0.29) is 82.1 Å². The van der Waals surface area contributed by atoms with Crippen molar-refractivity contribution >= 4 is 98.5 Å². The predicted molar refractivity (Wildman–Crippen MR) is 409 cm³/mol. The van der Waals surface area contributed by atoms with Gasteiger partial charge < -0.3 is 34.9 Å². The number of aromatic nitrogens is 24. The number of ether oxygens (including phenoxy) is 4. The van der Waals surface area contributed by atoms with Crippen LogP contribution in [-0.4, -0.2) is 158 Å². The Morgan fingerprint density at radius 1 is 0.398 bits per heavy atom. The van der Waals surface area contributed by atoms with Crippen LogP contribution in [-0.2, 0) is 22.7 Å². The number of nitrogens with zero attached hydrogens (tertiary/aromatic N) is 19. The van der Waals surface area contributed by atoms with Crippen molar-refractivity contribution in [3.63, 3.8) is 0 Å². The number of aromatic amines is 5. The van der Waals surface area contributed by atoms with E-state index in [2.05, 4.69) is 135 Å². The summed E-state index contributed by atoms with van der Waals surface area (Å²) in [6.07, 6.45) is 11.3. The smallest absolute Gasteiger partial charge is 0.439 e. The molecular weight excluding hydrogens is 1640 g/mol. The third-order valence-corrected chi connectivity index (χ3v) is 18.5. The molecule has 0 unspecified atom stereocenters. The van der Waals surface area contributed by atoms with Gasteiger partial charge in [-0.25, -0.2) is 64.2 Å². The first kappa shape index (κ1) is 78.8. The number of nitrogens with one attached hydrogen (secondary N) is 5. The third-order valence-electron chi connectivity index (χ3n) is 15.7. The fraction of sp³-hybridized carbons (Fsp3) is 0.147. The zero-order valence-corrected chi connectivity index (χ0v) is 63.6. The highest BCUT2D eigenvalue weighted by Gasteiger charge is 2.28. The number of aromatic hydroxyl groups is 2. The van der Waals surface area contributed by atoms with Crippen LogP contribution < -0.4 is 32.5 Å². The molecule has 0 spiro atoms. The topological polar surface area (TPSA) is 518 Å². The Morgan fingerprint density at radius 2 is 0.726 bits per heavy atom. The number of methoxy groups -OCH3 is 2. The van der Waals surface area contributed by atoms with E-state index in [1.54, 1.807) is 99.1 Å². The lowest BCUT2D eigenvalue weighted by molar-refractivity contribution is 0.185. The Labute approximate surface area is 671 Å². The van der Waals surface area contributed by atoms with Gasteiger partial charge in [-0.1, -0.05) is 126 Å². The zero-order chi connectivity index (χ0) is 79.4. The number of H-pyrrole nitrogens is 5. The highest BCUT2D eigenvalue weighted by Crippen LogP contribution is 2.42. The van der Waals surface area contributed by atoms with Crippen LogP contribution in [0.25, 0.3) is 114 Å². The summed E-state index contributed by atoms with van der Waals surface area (Å²) in [5.41, 5.74) is 14.8. The van der Waals surface area contributed by atoms with E-state index in [9.17, 15) is 24.6 Å². The Bertz CT molecular complexity index is 6090. The predicted octanol–water partition coefficient (Wildman–Crippen LogP) is 12.7. The van der Waals surface area contributed by atoms with Crippen molar-refractivity contribution in [3.8, 4) is 137 Å². The van der Waals surface area contributed by atoms with Crippen LogP contribution in [0.1, 0.15) is 36.8 Å². The average molecular weight is 1690 g/mol. The van der Waals surface area contributed by atoms with Gasteiger partial charge in [-0.05, 0) is 109 Å². The van der Waals surface area contributed by atoms with Crippen molar-refractivity contribution in [1.82, 2.24) is 122 Å². The molecule has 37 nitrogen and oxygen atoms in total. The third kappa shape index (κ3) is 19.0. The van der Waals surface area contributed by atoms with Gasteiger partial charge in [0.25, 0.3) is 0 Å². The van der Waals surface area contributed by atoms with Crippen molar-refractivity contribution in [1.29, 1.82) is 0 Å². The summed E-state index contributed by atoms with van der Waals surface area (Å²) in [6, 6.07) is 25.8. The van der Waals surface area contributed by atoms with Crippen molar-refractivity contribution < 1.29 is 42.7 Å². The molecule has 15 aromatic rings. The van der Waals surface area contributed by atoms with E-state index in [0.29, 0.717) is 121 Å². The quantitative estimate of drug-likeness (QED) is 0.0395. The fourth-order valence-electron chi connectivity index (χ4n) is 10.3. The number of nitrogens with two attached hydrogens (primary N) is 1. The van der Waals surface area contributed by atoms with Gasteiger partial charge in [-0.15, -0.1) is 20.4 Å². The molecule has 2 aliphatic carbocycles. The maximum atomic E-state index is 11.2. The Kier molecular flexibility index (Phi) is 25.0. The lowest BCUT2D eigenvalue weighted by Crippen LogP contribution is -2.03. The van der Waals surface area contributed by atoms with Gasteiger partial charge in [0.15, 0.2) is 22.9 Å². The number of benzene rings is 5. The summed E-state index contributed by atoms with van der Waals surface area (Å²) in [5, 5.41) is 62.3. The summed E-state index contributed by atoms with van der Waals surface area (Å²) >= 11 is 48.4. The minimum atomic E-state index is -0.741. The normalized spacial score (nSPS) is 12.1. The van der Waals surface area contributed by atoms with Gasteiger partial charge in [0, 0.05) is 53.2 Å². The van der Waals surface area contributed by atoms with Gasteiger partial charge >= 0.3 is 17.3 Å². The molecule has 0 amide bonds. The molecule has 0 saturated heterocycles. The Morgan fingerprint density at radius 3 is 1.12 bits per heavy atom. The summed E-state index contributed by atoms with van der Waals surface area (Å²) in [5.74, 6) is -0.363. The molecule has 0 atom stereocenters. The first-order chi connectivity index (χ1) is 54.7. The van der Waals surface area contributed by atoms with Crippen molar-refractivity contribution in [3.05, 3.63) is 206 Å². The van der Waals surface area contributed by atoms with Crippen LogP contribution in [0.2, 0.25) is 40.2 Å². The molecule has 0 aliphatic heterocycles. The molecule has 10 aromatic heterocycles. The number of nitrogen functional groups attached to an aromatic ring is 1. The molecule has 0 radical (unpaired) electrons. The molecule has 2 saturated carbocycles. The van der Waals surface area contributed by atoms with Crippen molar-refractivity contribution in [2.45, 2.75) is 51.1 Å². The van der Waals surface area contributed by atoms with Crippen LogP contribution in [0.4, 0.5) is 5.69 Å². The monoisotopic (exact) mass is 1690 g/mol. The van der Waals surface area contributed by atoms with Gasteiger partial charge in [0.2, 0.25) is 29.1 Å². The first-order valence-corrected chi connectivity index (χ1v) is 35.5. The van der Waals surface area contributed by atoms with Crippen LogP contribution in [0.3, 0.4) is 0 Å². The second-order valence-electron chi connectivity index (χ2n) is 23.4. The maximum absolute atomic E-state index is 11.2. The van der Waals surface area contributed by atoms with Crippen LogP contribution in [0.15, 0.2) is 151 Å². The van der Waals surface area contributed by atoms with Crippen molar-refractivity contribution in [2.75, 3.05) is 20.0 Å². The number of anilines is 1. The summed E-state index contributed by atoms with van der Waals surface area (Å²) in [4.78, 5) is 81.7. The summed E-state index contributed by atoms with van der Waals surface area (Å²) in [6.45, 7) is 0.501. The van der Waals surface area contributed by atoms with Crippen molar-refractivity contribution in [2.24, 2.45) is 0 Å². The molecule has 5 aromatic carbocycles. The highest BCUT2D eigenvalue weighted by atomic mass is 35.5. The minimum absolute atomic E-state index is 0.0148. The van der Waals surface area contributed by atoms with E-state index in [0.717, 1.165) is 42.4 Å². The van der Waals surface area contributed by atoms with E-state index >= 15 is 0 Å². The zero-order valence-electron chi connectivity index (χ0n) is 57.5. The van der Waals surface area contributed by atoms with E-state index in [1.165, 1.54) is 31.6 Å². The standard InChI is InChI=1S/C15H11ClN4O4.C14H10Cl2N4O3.C14H11ClN6O2.C13H10Cl2N6O.C12H7Cl2N5O2/c16-9-5-7(1-4-10(9)23-8-2-3-8)11-13(21)12(18-6-17-11)14-19-15(22)24-20-14;1-22-5-8-11(7-2-3-9(15)10(16)4-7)17-6-18-12(8)13-19-14(21)23-20-13;15-9-5-7(1-4-10(9)23-8-2-3-8)11-13(22)12(17-6-16-11)14-18-20-21-19-14;1-22-5-8-11(7-2-3-9(14)10(15)4-7)16-6-17-12(8)13-18-20-21-19-13;13-6-2-1-5(3-7(6)14)9-8(15)10(17-4-16-9)11-18-12(20)21-19-11/h1,4-6,8,21H,2-3H2,(H,19,20,22);2-4,6H,5H2,1H3,(H,19,20,21);1,4-6,8,22H,2-3H2,(H,18,19,20,21);2-4,6H,5H2,1H3,(H,18,19,20,21);1-4H,15H2,(H,18,19,20). The fourth-order valence-corrected chi connectivity index (χ4v) is 11.6. The lowest BCUT2D eigenvalue weighted by atomic mass is 10.0. The number of halogens is 8. The SMILES string of the molecule is COCc1c(-c2ccc(Cl)c(Cl)c2)ncnc1-c1nn[nH]n1.COCc1c(-c2ccc(Cl)c(Cl)c2)ncnc1-c1noc(=O)[nH]1.Nc1c(-c2ccc(Cl)c(Cl)c2)ncnc1-c1noc(=O)[nH]1.O=c1[nH]c(-c2ncnc(-c3ccc(OC4CC4)c(Cl)c3)c2O)no1.Oc1c(-c2ccc(OC3CC3)c(Cl)c2)ncnc1-c1nn[nH]n1. The van der Waals surface area contributed by atoms with Gasteiger partial charge in [-0.3, -0.25) is 28.5 Å². The largest absolute Gasteiger partial charge is 0.504 e. The number of hydrogen-bond acceptors (Lipinski definition) is 32. The van der Waals surface area contributed by atoms with E-state index in [4.69, 9.17) is 117 Å². The Hall–Kier alpha value is -12.3. The molecule has 2 aliphatic rings. The van der Waals surface area contributed by atoms with E-state index in [1.807, 2.05) is 6.07 Å². The summed E-state index contributed by atoms with van der Waals surface area (Å²) < 4.78 is 35.3. The van der Waals surface area contributed by atoms with Gasteiger partial charge in [-0.2, -0.15) is 10.4 Å². The van der Waals surface area contributed by atoms with Gasteiger partial charge in [0.05, 0.1) is 88.4 Å². The van der Waals surface area contributed by atoms with Crippen LogP contribution in [0.5, 0.6) is 23.0 Å². The molecule has 113 heavy (non-hydrogen) atoms. The minimum Gasteiger partial charge on any atom is -0.504 e.